The number of carbonyl (C=O) groups is 1. The lowest BCUT2D eigenvalue weighted by molar-refractivity contribution is 0.101. The SMILES string of the molecule is NS(=O)(=O)OC[C@H]1CC(Nc2ncnc(Cl)c2C(=O)c2ccn(Cc3cccc(Cl)c3)n2)C[C@@H]1O. The highest BCUT2D eigenvalue weighted by molar-refractivity contribution is 7.84. The summed E-state index contributed by atoms with van der Waals surface area (Å²) in [6.07, 6.45) is 2.70. The molecule has 186 valence electrons. The van der Waals surface area contributed by atoms with E-state index in [4.69, 9.17) is 28.3 Å². The Hall–Kier alpha value is -2.61. The Kier molecular flexibility index (Phi) is 7.69. The average molecular weight is 541 g/mol. The third-order valence-electron chi connectivity index (χ3n) is 5.58. The van der Waals surface area contributed by atoms with E-state index in [1.807, 2.05) is 18.2 Å². The summed E-state index contributed by atoms with van der Waals surface area (Å²) in [5.41, 5.74) is 1.11. The number of carbonyl (C=O) groups excluding carboxylic acids is 1. The number of ketones is 1. The summed E-state index contributed by atoms with van der Waals surface area (Å²) >= 11 is 12.3. The Morgan fingerprint density at radius 3 is 2.80 bits per heavy atom. The Labute approximate surface area is 211 Å². The van der Waals surface area contributed by atoms with Gasteiger partial charge in [0.2, 0.25) is 5.78 Å². The number of aliphatic hydroxyl groups excluding tert-OH is 1. The Morgan fingerprint density at radius 1 is 1.26 bits per heavy atom. The average Bonchev–Trinajstić information content (AvgIpc) is 3.38. The van der Waals surface area contributed by atoms with Gasteiger partial charge in [0.05, 0.1) is 19.3 Å². The number of nitrogens with two attached hydrogens (primary N) is 1. The van der Waals surface area contributed by atoms with Crippen molar-refractivity contribution in [1.82, 2.24) is 19.7 Å². The highest BCUT2D eigenvalue weighted by Gasteiger charge is 2.35. The molecule has 4 N–H and O–H groups in total. The number of aliphatic hydroxyl groups is 1. The van der Waals surface area contributed by atoms with Gasteiger partial charge < -0.3 is 10.4 Å². The van der Waals surface area contributed by atoms with Gasteiger partial charge in [-0.25, -0.2) is 15.1 Å². The smallest absolute Gasteiger partial charge is 0.333 e. The molecule has 1 saturated carbocycles. The van der Waals surface area contributed by atoms with Crippen LogP contribution in [0.15, 0.2) is 42.9 Å². The molecular formula is C21H22Cl2N6O5S. The Morgan fingerprint density at radius 2 is 2.06 bits per heavy atom. The van der Waals surface area contributed by atoms with Crippen molar-refractivity contribution in [2.75, 3.05) is 11.9 Å². The fourth-order valence-electron chi connectivity index (χ4n) is 3.97. The van der Waals surface area contributed by atoms with Gasteiger partial charge >= 0.3 is 10.3 Å². The van der Waals surface area contributed by atoms with E-state index in [-0.39, 0.29) is 41.3 Å². The summed E-state index contributed by atoms with van der Waals surface area (Å²) in [6.45, 7) is 0.165. The van der Waals surface area contributed by atoms with E-state index < -0.39 is 28.1 Å². The number of nitrogens with one attached hydrogen (secondary N) is 1. The number of benzene rings is 1. The van der Waals surface area contributed by atoms with Crippen molar-refractivity contribution < 1.29 is 22.5 Å². The van der Waals surface area contributed by atoms with E-state index in [1.165, 1.54) is 6.33 Å². The second kappa shape index (κ2) is 10.6. The molecule has 0 radical (unpaired) electrons. The summed E-state index contributed by atoms with van der Waals surface area (Å²) in [5.74, 6) is -0.760. The molecule has 0 saturated heterocycles. The first-order valence-corrected chi connectivity index (χ1v) is 12.8. The number of nitrogens with zero attached hydrogens (tertiary/aromatic N) is 4. The zero-order chi connectivity index (χ0) is 25.2. The summed E-state index contributed by atoms with van der Waals surface area (Å²) in [5, 5.41) is 23.2. The number of hydrogen-bond acceptors (Lipinski definition) is 9. The molecule has 4 rings (SSSR count). The largest absolute Gasteiger partial charge is 0.393 e. The first-order valence-electron chi connectivity index (χ1n) is 10.5. The van der Waals surface area contributed by atoms with E-state index in [2.05, 4.69) is 24.6 Å². The predicted molar refractivity (Wildman–Crippen MR) is 128 cm³/mol. The molecule has 1 fully saturated rings. The number of halogens is 2. The third kappa shape index (κ3) is 6.54. The maximum absolute atomic E-state index is 13.3. The van der Waals surface area contributed by atoms with Crippen LogP contribution in [0.1, 0.15) is 34.5 Å². The Balaban J connectivity index is 1.49. The highest BCUT2D eigenvalue weighted by atomic mass is 35.5. The first-order chi connectivity index (χ1) is 16.6. The summed E-state index contributed by atoms with van der Waals surface area (Å²) in [6, 6.07) is 8.56. The minimum absolute atomic E-state index is 0.0425. The topological polar surface area (TPSA) is 162 Å². The molecule has 1 unspecified atom stereocenters. The predicted octanol–water partition coefficient (Wildman–Crippen LogP) is 2.03. The molecular weight excluding hydrogens is 519 g/mol. The zero-order valence-electron chi connectivity index (χ0n) is 18.2. The Bertz CT molecular complexity index is 1340. The zero-order valence-corrected chi connectivity index (χ0v) is 20.5. The molecule has 1 aliphatic carbocycles. The molecule has 1 aromatic carbocycles. The van der Waals surface area contributed by atoms with Crippen LogP contribution < -0.4 is 10.5 Å². The van der Waals surface area contributed by atoms with Gasteiger partial charge in [-0.3, -0.25) is 13.7 Å². The molecule has 0 amide bonds. The van der Waals surface area contributed by atoms with Crippen LogP contribution in [-0.4, -0.2) is 57.8 Å². The van der Waals surface area contributed by atoms with Crippen LogP contribution in [0.3, 0.4) is 0 Å². The molecule has 3 aromatic rings. The third-order valence-corrected chi connectivity index (χ3v) is 6.57. The minimum Gasteiger partial charge on any atom is -0.393 e. The van der Waals surface area contributed by atoms with Crippen molar-refractivity contribution in [2.45, 2.75) is 31.5 Å². The molecule has 11 nitrogen and oxygen atoms in total. The van der Waals surface area contributed by atoms with Gasteiger partial charge in [-0.1, -0.05) is 35.3 Å². The van der Waals surface area contributed by atoms with Gasteiger partial charge in [-0.05, 0) is 36.6 Å². The number of anilines is 1. The van der Waals surface area contributed by atoms with Crippen LogP contribution in [0.25, 0.3) is 0 Å². The van der Waals surface area contributed by atoms with E-state index >= 15 is 0 Å². The highest BCUT2D eigenvalue weighted by Crippen LogP contribution is 2.31. The summed E-state index contributed by atoms with van der Waals surface area (Å²) < 4.78 is 28.3. The van der Waals surface area contributed by atoms with E-state index in [0.717, 1.165) is 5.56 Å². The van der Waals surface area contributed by atoms with Crippen LogP contribution >= 0.6 is 23.2 Å². The molecule has 35 heavy (non-hydrogen) atoms. The number of hydrogen-bond donors (Lipinski definition) is 3. The van der Waals surface area contributed by atoms with Gasteiger partial charge in [0.15, 0.2) is 0 Å². The number of rotatable bonds is 9. The van der Waals surface area contributed by atoms with Gasteiger partial charge in [-0.2, -0.15) is 13.5 Å². The first kappa shape index (κ1) is 25.5. The quantitative estimate of drug-likeness (QED) is 0.272. The standard InChI is InChI=1S/C21H22Cl2N6O5S/c22-14-3-1-2-12(6-14)9-29-5-4-16(28-29)19(31)18-20(23)25-11-26-21(18)27-15-7-13(17(30)8-15)10-34-35(24,32)33/h1-6,11,13,15,17,30H,7-10H2,(H2,24,32,33)(H,25,26,27)/t13-,15?,17+/m1/s1. The van der Waals surface area contributed by atoms with Crippen LogP contribution in [0.2, 0.25) is 10.2 Å². The molecule has 2 heterocycles. The normalized spacial score (nSPS) is 20.2. The molecule has 14 heteroatoms. The molecule has 0 aliphatic heterocycles. The van der Waals surface area contributed by atoms with Crippen molar-refractivity contribution in [3.05, 3.63) is 69.9 Å². The minimum atomic E-state index is -4.12. The lowest BCUT2D eigenvalue weighted by Crippen LogP contribution is -2.24. The monoisotopic (exact) mass is 540 g/mol. The van der Waals surface area contributed by atoms with Crippen molar-refractivity contribution in [3.8, 4) is 0 Å². The maximum Gasteiger partial charge on any atom is 0.333 e. The maximum atomic E-state index is 13.3. The van der Waals surface area contributed by atoms with Crippen molar-refractivity contribution in [1.29, 1.82) is 0 Å². The lowest BCUT2D eigenvalue weighted by Gasteiger charge is -2.16. The van der Waals surface area contributed by atoms with E-state index in [1.54, 1.807) is 23.0 Å². The van der Waals surface area contributed by atoms with Crippen molar-refractivity contribution in [3.63, 3.8) is 0 Å². The van der Waals surface area contributed by atoms with E-state index in [0.29, 0.717) is 18.0 Å². The molecule has 1 aliphatic rings. The van der Waals surface area contributed by atoms with Gasteiger partial charge in [0.1, 0.15) is 28.6 Å². The summed E-state index contributed by atoms with van der Waals surface area (Å²) in [4.78, 5) is 21.4. The second-order valence-corrected chi connectivity index (χ2v) is 10.2. The van der Waals surface area contributed by atoms with Crippen LogP contribution in [0.4, 0.5) is 5.82 Å². The molecule has 3 atom stereocenters. The van der Waals surface area contributed by atoms with Crippen molar-refractivity contribution >= 4 is 45.1 Å². The summed E-state index contributed by atoms with van der Waals surface area (Å²) in [7, 11) is -4.12. The van der Waals surface area contributed by atoms with Gasteiger partial charge in [0, 0.05) is 23.2 Å². The number of aromatic nitrogens is 4. The second-order valence-electron chi connectivity index (χ2n) is 8.16. The van der Waals surface area contributed by atoms with Crippen LogP contribution in [0, 0.1) is 5.92 Å². The lowest BCUT2D eigenvalue weighted by atomic mass is 10.1. The molecule has 0 spiro atoms. The van der Waals surface area contributed by atoms with Gasteiger partial charge in [-0.15, -0.1) is 0 Å². The van der Waals surface area contributed by atoms with Crippen molar-refractivity contribution in [2.24, 2.45) is 11.1 Å². The van der Waals surface area contributed by atoms with Crippen LogP contribution in [0.5, 0.6) is 0 Å². The fourth-order valence-corrected chi connectivity index (χ4v) is 4.77. The fraction of sp³-hybridized carbons (Fsp3) is 0.333. The molecule has 2 aromatic heterocycles. The van der Waals surface area contributed by atoms with E-state index in [9.17, 15) is 18.3 Å². The van der Waals surface area contributed by atoms with Crippen LogP contribution in [-0.2, 0) is 21.0 Å². The molecule has 0 bridgehead atoms. The van der Waals surface area contributed by atoms with Gasteiger partial charge in [0.25, 0.3) is 0 Å².